The largest absolute Gasteiger partial charge is 0.397 e. The van der Waals surface area contributed by atoms with E-state index in [0.29, 0.717) is 0 Å². The summed E-state index contributed by atoms with van der Waals surface area (Å²) in [5.74, 6) is 0. The van der Waals surface area contributed by atoms with Crippen LogP contribution in [0, 0.1) is 13.8 Å². The van der Waals surface area contributed by atoms with Gasteiger partial charge in [-0.1, -0.05) is 6.07 Å². The first-order valence-electron chi connectivity index (χ1n) is 5.74. The second kappa shape index (κ2) is 4.07. The number of thiophene rings is 1. The van der Waals surface area contributed by atoms with Gasteiger partial charge in [-0.2, -0.15) is 0 Å². The average Bonchev–Trinajstić information content (AvgIpc) is 2.67. The zero-order valence-corrected chi connectivity index (χ0v) is 11.1. The molecule has 0 saturated heterocycles. The lowest BCUT2D eigenvalue weighted by atomic mass is 10.1. The molecule has 3 heterocycles. The summed E-state index contributed by atoms with van der Waals surface area (Å²) in [6, 6.07) is 7.91. The van der Waals surface area contributed by atoms with E-state index in [1.54, 1.807) is 17.5 Å². The van der Waals surface area contributed by atoms with Crippen molar-refractivity contribution in [2.45, 2.75) is 13.8 Å². The first kappa shape index (κ1) is 11.2. The first-order chi connectivity index (χ1) is 8.66. The molecule has 0 aliphatic carbocycles. The van der Waals surface area contributed by atoms with E-state index in [1.165, 1.54) is 5.56 Å². The predicted molar refractivity (Wildman–Crippen MR) is 76.7 cm³/mol. The topological polar surface area (TPSA) is 51.8 Å². The molecule has 0 saturated carbocycles. The van der Waals surface area contributed by atoms with Crippen molar-refractivity contribution in [3.8, 4) is 10.6 Å². The molecule has 3 aromatic rings. The van der Waals surface area contributed by atoms with Crippen LogP contribution >= 0.6 is 11.3 Å². The number of anilines is 1. The minimum atomic E-state index is 0.790. The molecule has 3 aromatic heterocycles. The molecule has 0 amide bonds. The summed E-state index contributed by atoms with van der Waals surface area (Å²) in [5, 5.41) is 1.06. The lowest BCUT2D eigenvalue weighted by molar-refractivity contribution is 1.25. The Balaban J connectivity index is 2.33. The monoisotopic (exact) mass is 255 g/mol. The molecule has 18 heavy (non-hydrogen) atoms. The molecule has 0 atom stereocenters. The van der Waals surface area contributed by atoms with Crippen molar-refractivity contribution in [3.05, 3.63) is 41.7 Å². The van der Waals surface area contributed by atoms with Crippen LogP contribution in [-0.2, 0) is 0 Å². The number of hydrogen-bond acceptors (Lipinski definition) is 4. The van der Waals surface area contributed by atoms with Gasteiger partial charge < -0.3 is 5.73 Å². The van der Waals surface area contributed by atoms with Crippen molar-refractivity contribution in [3.63, 3.8) is 0 Å². The highest BCUT2D eigenvalue weighted by atomic mass is 32.1. The zero-order chi connectivity index (χ0) is 12.7. The summed E-state index contributed by atoms with van der Waals surface area (Å²) in [5.41, 5.74) is 10.2. The van der Waals surface area contributed by atoms with E-state index in [9.17, 15) is 0 Å². The van der Waals surface area contributed by atoms with E-state index in [-0.39, 0.29) is 0 Å². The number of nitrogens with two attached hydrogens (primary N) is 1. The van der Waals surface area contributed by atoms with Crippen molar-refractivity contribution in [2.75, 3.05) is 5.73 Å². The van der Waals surface area contributed by atoms with Crippen LogP contribution in [0.25, 0.3) is 20.8 Å². The van der Waals surface area contributed by atoms with E-state index in [0.717, 1.165) is 32.2 Å². The Bertz CT molecular complexity index is 717. The molecule has 0 fully saturated rings. The maximum absolute atomic E-state index is 6.25. The van der Waals surface area contributed by atoms with Gasteiger partial charge in [0.2, 0.25) is 0 Å². The van der Waals surface area contributed by atoms with Crippen LogP contribution in [0.2, 0.25) is 0 Å². The second-order valence-electron chi connectivity index (χ2n) is 4.32. The van der Waals surface area contributed by atoms with Gasteiger partial charge in [-0.15, -0.1) is 11.3 Å². The molecule has 0 aliphatic heterocycles. The number of nitrogen functional groups attached to an aromatic ring is 1. The molecule has 0 aliphatic rings. The highest BCUT2D eigenvalue weighted by molar-refractivity contribution is 7.22. The zero-order valence-electron chi connectivity index (χ0n) is 10.3. The summed E-state index contributed by atoms with van der Waals surface area (Å²) in [7, 11) is 0. The molecule has 0 unspecified atom stereocenters. The number of nitrogens with zero attached hydrogens (tertiary/aromatic N) is 2. The minimum Gasteiger partial charge on any atom is -0.397 e. The van der Waals surface area contributed by atoms with Crippen LogP contribution in [0.4, 0.5) is 5.69 Å². The van der Waals surface area contributed by atoms with Crippen molar-refractivity contribution in [1.82, 2.24) is 9.97 Å². The lowest BCUT2D eigenvalue weighted by Gasteiger charge is -2.00. The summed E-state index contributed by atoms with van der Waals surface area (Å²) >= 11 is 1.61. The predicted octanol–water partition coefficient (Wildman–Crippen LogP) is 3.56. The van der Waals surface area contributed by atoms with Crippen LogP contribution < -0.4 is 5.73 Å². The summed E-state index contributed by atoms with van der Waals surface area (Å²) < 4.78 is 0. The Labute approximate surface area is 109 Å². The Kier molecular flexibility index (Phi) is 2.52. The van der Waals surface area contributed by atoms with E-state index in [4.69, 9.17) is 5.73 Å². The lowest BCUT2D eigenvalue weighted by Crippen LogP contribution is -1.90. The summed E-state index contributed by atoms with van der Waals surface area (Å²) in [6.07, 6.45) is 1.78. The fraction of sp³-hybridized carbons (Fsp3) is 0.143. The third kappa shape index (κ3) is 1.66. The van der Waals surface area contributed by atoms with Gasteiger partial charge in [-0.25, -0.2) is 4.98 Å². The molecule has 3 nitrogen and oxygen atoms in total. The maximum Gasteiger partial charge on any atom is 0.126 e. The van der Waals surface area contributed by atoms with Gasteiger partial charge >= 0.3 is 0 Å². The average molecular weight is 255 g/mol. The maximum atomic E-state index is 6.25. The number of aromatic nitrogens is 2. The van der Waals surface area contributed by atoms with Crippen molar-refractivity contribution in [1.29, 1.82) is 0 Å². The molecular weight excluding hydrogens is 242 g/mol. The number of rotatable bonds is 1. The third-order valence-electron chi connectivity index (χ3n) is 2.92. The van der Waals surface area contributed by atoms with Gasteiger partial charge in [0.1, 0.15) is 4.83 Å². The molecule has 0 radical (unpaired) electrons. The van der Waals surface area contributed by atoms with Gasteiger partial charge in [-0.3, -0.25) is 4.98 Å². The Morgan fingerprint density at radius 1 is 1.22 bits per heavy atom. The number of pyridine rings is 2. The van der Waals surface area contributed by atoms with Gasteiger partial charge in [-0.05, 0) is 37.6 Å². The first-order valence-corrected chi connectivity index (χ1v) is 6.56. The Morgan fingerprint density at radius 2 is 2.06 bits per heavy atom. The SMILES string of the molecule is Cc1cc(C)c2c(N)c(-c3ccccn3)sc2n1. The van der Waals surface area contributed by atoms with Gasteiger partial charge in [0.25, 0.3) is 0 Å². The van der Waals surface area contributed by atoms with Gasteiger partial charge in [0, 0.05) is 17.3 Å². The van der Waals surface area contributed by atoms with Gasteiger partial charge in [0.05, 0.1) is 16.3 Å². The highest BCUT2D eigenvalue weighted by Gasteiger charge is 2.15. The molecule has 3 rings (SSSR count). The third-order valence-corrected chi connectivity index (χ3v) is 4.04. The molecule has 2 N–H and O–H groups in total. The van der Waals surface area contributed by atoms with E-state index < -0.39 is 0 Å². The Hall–Kier alpha value is -1.94. The van der Waals surface area contributed by atoms with Crippen LogP contribution in [0.5, 0.6) is 0 Å². The van der Waals surface area contributed by atoms with Crippen molar-refractivity contribution >= 4 is 27.2 Å². The molecule has 0 aromatic carbocycles. The fourth-order valence-electron chi connectivity index (χ4n) is 2.16. The quantitative estimate of drug-likeness (QED) is 0.723. The molecule has 0 bridgehead atoms. The minimum absolute atomic E-state index is 0.790. The van der Waals surface area contributed by atoms with Crippen LogP contribution in [-0.4, -0.2) is 9.97 Å². The second-order valence-corrected chi connectivity index (χ2v) is 5.32. The number of hydrogen-bond donors (Lipinski definition) is 1. The summed E-state index contributed by atoms with van der Waals surface area (Å²) in [4.78, 5) is 10.9. The van der Waals surface area contributed by atoms with Crippen LogP contribution in [0.3, 0.4) is 0 Å². The van der Waals surface area contributed by atoms with Crippen LogP contribution in [0.1, 0.15) is 11.3 Å². The molecular formula is C14H13N3S. The van der Waals surface area contributed by atoms with E-state index in [2.05, 4.69) is 23.0 Å². The van der Waals surface area contributed by atoms with Gasteiger partial charge in [0.15, 0.2) is 0 Å². The Morgan fingerprint density at radius 3 is 2.78 bits per heavy atom. The van der Waals surface area contributed by atoms with Crippen molar-refractivity contribution in [2.24, 2.45) is 0 Å². The number of aryl methyl sites for hydroxylation is 2. The van der Waals surface area contributed by atoms with E-state index >= 15 is 0 Å². The number of fused-ring (bicyclic) bond motifs is 1. The summed E-state index contributed by atoms with van der Waals surface area (Å²) in [6.45, 7) is 4.07. The standard InChI is InChI=1S/C14H13N3S/c1-8-7-9(2)17-14-11(8)12(15)13(18-14)10-5-3-4-6-16-10/h3-7H,15H2,1-2H3. The highest BCUT2D eigenvalue weighted by Crippen LogP contribution is 2.40. The smallest absolute Gasteiger partial charge is 0.126 e. The molecule has 0 spiro atoms. The normalized spacial score (nSPS) is 11.0. The van der Waals surface area contributed by atoms with Crippen molar-refractivity contribution < 1.29 is 0 Å². The van der Waals surface area contributed by atoms with E-state index in [1.807, 2.05) is 25.1 Å². The molecule has 4 heteroatoms. The molecule has 90 valence electrons. The van der Waals surface area contributed by atoms with Crippen LogP contribution in [0.15, 0.2) is 30.5 Å². The fourth-order valence-corrected chi connectivity index (χ4v) is 3.35.